The van der Waals surface area contributed by atoms with Crippen LogP contribution in [0.5, 0.6) is 0 Å². The van der Waals surface area contributed by atoms with Gasteiger partial charge in [-0.15, -0.1) is 23.7 Å². The van der Waals surface area contributed by atoms with E-state index in [2.05, 4.69) is 6.92 Å². The average Bonchev–Trinajstić information content (AvgIpc) is 2.77. The molecule has 2 unspecified atom stereocenters. The third kappa shape index (κ3) is 5.17. The topological polar surface area (TPSA) is 80.5 Å². The van der Waals surface area contributed by atoms with E-state index in [9.17, 15) is 13.2 Å². The Morgan fingerprint density at radius 3 is 2.70 bits per heavy atom. The van der Waals surface area contributed by atoms with E-state index in [0.29, 0.717) is 17.3 Å². The van der Waals surface area contributed by atoms with E-state index < -0.39 is 9.84 Å². The highest BCUT2D eigenvalue weighted by atomic mass is 35.5. The molecule has 23 heavy (non-hydrogen) atoms. The number of likely N-dealkylation sites (tertiary alicyclic amines) is 1. The molecule has 0 spiro atoms. The molecule has 5 nitrogen and oxygen atoms in total. The highest BCUT2D eigenvalue weighted by Crippen LogP contribution is 2.28. The maximum Gasteiger partial charge on any atom is 0.264 e. The number of hydrogen-bond acceptors (Lipinski definition) is 5. The quantitative estimate of drug-likeness (QED) is 0.868. The SMILES string of the molecule is Cc1sc(C(=O)N2CCC(C)CC2CN)cc1CS(C)(=O)=O.Cl. The molecule has 1 fully saturated rings. The van der Waals surface area contributed by atoms with Crippen LogP contribution in [0, 0.1) is 12.8 Å². The smallest absolute Gasteiger partial charge is 0.264 e. The van der Waals surface area contributed by atoms with E-state index in [1.54, 1.807) is 6.07 Å². The number of hydrogen-bond donors (Lipinski definition) is 1. The van der Waals surface area contributed by atoms with Gasteiger partial charge in [0.1, 0.15) is 0 Å². The van der Waals surface area contributed by atoms with Crippen LogP contribution in [-0.4, -0.2) is 44.6 Å². The Balaban J connectivity index is 0.00000264. The van der Waals surface area contributed by atoms with Gasteiger partial charge < -0.3 is 10.6 Å². The van der Waals surface area contributed by atoms with E-state index in [-0.39, 0.29) is 30.1 Å². The second-order valence-electron chi connectivity index (χ2n) is 6.28. The number of rotatable bonds is 4. The Kier molecular flexibility index (Phi) is 7.07. The van der Waals surface area contributed by atoms with Crippen molar-refractivity contribution in [2.45, 2.75) is 38.5 Å². The van der Waals surface area contributed by atoms with Gasteiger partial charge in [0.15, 0.2) is 9.84 Å². The Hall–Kier alpha value is -0.630. The molecule has 1 aromatic heterocycles. The molecule has 2 atom stereocenters. The first-order chi connectivity index (χ1) is 10.2. The summed E-state index contributed by atoms with van der Waals surface area (Å²) in [6, 6.07) is 1.81. The number of amides is 1. The molecule has 1 amide bonds. The van der Waals surface area contributed by atoms with Crippen molar-refractivity contribution in [2.75, 3.05) is 19.3 Å². The lowest BCUT2D eigenvalue weighted by atomic mass is 9.92. The summed E-state index contributed by atoms with van der Waals surface area (Å²) in [6.45, 7) is 5.24. The Morgan fingerprint density at radius 2 is 2.13 bits per heavy atom. The van der Waals surface area contributed by atoms with Gasteiger partial charge in [0.25, 0.3) is 5.91 Å². The molecule has 0 radical (unpaired) electrons. The Morgan fingerprint density at radius 1 is 1.48 bits per heavy atom. The van der Waals surface area contributed by atoms with E-state index >= 15 is 0 Å². The lowest BCUT2D eigenvalue weighted by Crippen LogP contribution is -2.49. The van der Waals surface area contributed by atoms with E-state index in [4.69, 9.17) is 5.73 Å². The number of nitrogens with zero attached hydrogens (tertiary/aromatic N) is 1. The van der Waals surface area contributed by atoms with Gasteiger partial charge in [0.2, 0.25) is 0 Å². The first-order valence-electron chi connectivity index (χ1n) is 7.49. The number of nitrogens with two attached hydrogens (primary N) is 1. The van der Waals surface area contributed by atoms with Crippen LogP contribution < -0.4 is 5.73 Å². The van der Waals surface area contributed by atoms with Crippen LogP contribution in [0.4, 0.5) is 0 Å². The van der Waals surface area contributed by atoms with Crippen molar-refractivity contribution < 1.29 is 13.2 Å². The van der Waals surface area contributed by atoms with Gasteiger partial charge in [-0.3, -0.25) is 4.79 Å². The fraction of sp³-hybridized carbons (Fsp3) is 0.667. The predicted octanol–water partition coefficient (Wildman–Crippen LogP) is 2.22. The lowest BCUT2D eigenvalue weighted by molar-refractivity contribution is 0.0578. The summed E-state index contributed by atoms with van der Waals surface area (Å²) in [7, 11) is -3.10. The molecule has 1 aliphatic rings. The zero-order chi connectivity index (χ0) is 16.5. The van der Waals surface area contributed by atoms with Gasteiger partial charge in [0, 0.05) is 30.3 Å². The highest BCUT2D eigenvalue weighted by molar-refractivity contribution is 7.89. The predicted molar refractivity (Wildman–Crippen MR) is 97.1 cm³/mol. The largest absolute Gasteiger partial charge is 0.334 e. The molecule has 8 heteroatoms. The Bertz CT molecular complexity index is 658. The number of sulfone groups is 1. The Labute approximate surface area is 148 Å². The van der Waals surface area contributed by atoms with Gasteiger partial charge in [-0.1, -0.05) is 6.92 Å². The molecule has 0 bridgehead atoms. The second kappa shape index (κ2) is 7.96. The summed E-state index contributed by atoms with van der Waals surface area (Å²) < 4.78 is 22.9. The molecular formula is C15H25ClN2O3S2. The number of aryl methyl sites for hydroxylation is 1. The third-order valence-electron chi connectivity index (χ3n) is 4.16. The molecular weight excluding hydrogens is 356 g/mol. The zero-order valence-electron chi connectivity index (χ0n) is 13.7. The summed E-state index contributed by atoms with van der Waals surface area (Å²) in [5.74, 6) is 0.554. The first kappa shape index (κ1) is 20.4. The normalized spacial score (nSPS) is 21.8. The van der Waals surface area contributed by atoms with Crippen molar-refractivity contribution >= 4 is 39.5 Å². The van der Waals surface area contributed by atoms with Gasteiger partial charge in [-0.2, -0.15) is 0 Å². The summed E-state index contributed by atoms with van der Waals surface area (Å²) >= 11 is 1.37. The number of carbonyl (C=O) groups excluding carboxylic acids is 1. The molecule has 0 aromatic carbocycles. The standard InChI is InChI=1S/C15H24N2O3S2.ClH/c1-10-4-5-17(13(6-10)8-16)15(18)14-7-12(11(2)21-14)9-22(3,19)20;/h7,10,13H,4-6,8-9,16H2,1-3H3;1H. The average molecular weight is 381 g/mol. The number of halogens is 1. The van der Waals surface area contributed by atoms with Crippen LogP contribution >= 0.6 is 23.7 Å². The van der Waals surface area contributed by atoms with Crippen molar-refractivity contribution in [2.24, 2.45) is 11.7 Å². The molecule has 2 N–H and O–H groups in total. The van der Waals surface area contributed by atoms with Crippen LogP contribution in [0.1, 0.15) is 39.9 Å². The summed E-state index contributed by atoms with van der Waals surface area (Å²) in [5.41, 5.74) is 6.55. The molecule has 132 valence electrons. The third-order valence-corrected chi connectivity index (χ3v) is 6.08. The van der Waals surface area contributed by atoms with Crippen LogP contribution in [0.15, 0.2) is 6.07 Å². The minimum Gasteiger partial charge on any atom is -0.334 e. The fourth-order valence-corrected chi connectivity index (χ4v) is 4.89. The zero-order valence-corrected chi connectivity index (χ0v) is 16.2. The van der Waals surface area contributed by atoms with Gasteiger partial charge in [0.05, 0.1) is 10.6 Å². The molecule has 2 rings (SSSR count). The molecule has 0 saturated carbocycles. The molecule has 1 aromatic rings. The summed E-state index contributed by atoms with van der Waals surface area (Å²) in [4.78, 5) is 16.1. The monoisotopic (exact) mass is 380 g/mol. The van der Waals surface area contributed by atoms with Crippen molar-refractivity contribution in [3.63, 3.8) is 0 Å². The fourth-order valence-electron chi connectivity index (χ4n) is 2.93. The molecule has 0 aliphatic carbocycles. The minimum absolute atomic E-state index is 0. The number of carbonyl (C=O) groups is 1. The second-order valence-corrected chi connectivity index (χ2v) is 9.68. The van der Waals surface area contributed by atoms with Crippen molar-refractivity contribution in [1.82, 2.24) is 4.90 Å². The first-order valence-corrected chi connectivity index (χ1v) is 10.4. The van der Waals surface area contributed by atoms with Gasteiger partial charge >= 0.3 is 0 Å². The van der Waals surface area contributed by atoms with E-state index in [0.717, 1.165) is 29.8 Å². The molecule has 1 saturated heterocycles. The van der Waals surface area contributed by atoms with Crippen LogP contribution in [-0.2, 0) is 15.6 Å². The summed E-state index contributed by atoms with van der Waals surface area (Å²) in [5, 5.41) is 0. The van der Waals surface area contributed by atoms with Gasteiger partial charge in [-0.25, -0.2) is 8.42 Å². The van der Waals surface area contributed by atoms with Crippen molar-refractivity contribution in [1.29, 1.82) is 0 Å². The van der Waals surface area contributed by atoms with Gasteiger partial charge in [-0.05, 0) is 37.3 Å². The lowest BCUT2D eigenvalue weighted by Gasteiger charge is -2.37. The highest BCUT2D eigenvalue weighted by Gasteiger charge is 2.30. The van der Waals surface area contributed by atoms with Crippen LogP contribution in [0.2, 0.25) is 0 Å². The summed E-state index contributed by atoms with van der Waals surface area (Å²) in [6.07, 6.45) is 3.13. The minimum atomic E-state index is -3.10. The van der Waals surface area contributed by atoms with Crippen LogP contribution in [0.25, 0.3) is 0 Å². The maximum atomic E-state index is 12.7. The van der Waals surface area contributed by atoms with E-state index in [1.807, 2.05) is 11.8 Å². The number of thiophene rings is 1. The van der Waals surface area contributed by atoms with Crippen molar-refractivity contribution in [3.8, 4) is 0 Å². The van der Waals surface area contributed by atoms with Crippen molar-refractivity contribution in [3.05, 3.63) is 21.4 Å². The van der Waals surface area contributed by atoms with Crippen LogP contribution in [0.3, 0.4) is 0 Å². The maximum absolute atomic E-state index is 12.7. The molecule has 1 aliphatic heterocycles. The molecule has 2 heterocycles. The van der Waals surface area contributed by atoms with E-state index in [1.165, 1.54) is 17.6 Å². The number of piperidine rings is 1.